The van der Waals surface area contributed by atoms with Crippen molar-refractivity contribution in [2.75, 3.05) is 12.4 Å². The maximum absolute atomic E-state index is 13.0. The molecule has 0 radical (unpaired) electrons. The molecule has 6 nitrogen and oxygen atoms in total. The van der Waals surface area contributed by atoms with Gasteiger partial charge in [0.05, 0.1) is 12.7 Å². The second-order valence-corrected chi connectivity index (χ2v) is 6.80. The Balaban J connectivity index is 1.78. The Labute approximate surface area is 184 Å². The van der Waals surface area contributed by atoms with E-state index in [0.29, 0.717) is 11.3 Å². The number of methoxy groups -OCH3 is 1. The lowest BCUT2D eigenvalue weighted by Crippen LogP contribution is -2.13. The summed E-state index contributed by atoms with van der Waals surface area (Å²) in [6.07, 6.45) is 1.40. The van der Waals surface area contributed by atoms with Crippen molar-refractivity contribution in [3.63, 3.8) is 0 Å². The number of rotatable bonds is 6. The van der Waals surface area contributed by atoms with E-state index in [1.54, 1.807) is 18.2 Å². The van der Waals surface area contributed by atoms with Gasteiger partial charge in [-0.25, -0.2) is 9.18 Å². The van der Waals surface area contributed by atoms with Crippen LogP contribution in [-0.2, 0) is 4.79 Å². The monoisotopic (exact) mass is 430 g/mol. The minimum absolute atomic E-state index is 0.108. The molecule has 3 aromatic rings. The number of carbonyl (C=O) groups is 2. The van der Waals surface area contributed by atoms with Crippen molar-refractivity contribution in [3.8, 4) is 17.6 Å². The zero-order valence-electron chi connectivity index (χ0n) is 17.4. The number of hydrogen-bond donors (Lipinski definition) is 1. The van der Waals surface area contributed by atoms with Crippen LogP contribution in [0.25, 0.3) is 6.08 Å². The molecular weight excluding hydrogens is 411 g/mol. The molecule has 0 saturated heterocycles. The number of amides is 1. The zero-order valence-corrected chi connectivity index (χ0v) is 17.4. The topological polar surface area (TPSA) is 88.4 Å². The average molecular weight is 430 g/mol. The number of nitrogens with one attached hydrogen (secondary N) is 1. The number of carbonyl (C=O) groups excluding carboxylic acids is 2. The molecule has 0 bridgehead atoms. The van der Waals surface area contributed by atoms with Crippen LogP contribution < -0.4 is 14.8 Å². The molecular formula is C25H19FN2O4. The molecule has 3 rings (SSSR count). The van der Waals surface area contributed by atoms with Crippen LogP contribution in [0.1, 0.15) is 21.5 Å². The van der Waals surface area contributed by atoms with Crippen molar-refractivity contribution in [3.05, 3.63) is 94.8 Å². The van der Waals surface area contributed by atoms with E-state index in [4.69, 9.17) is 9.47 Å². The van der Waals surface area contributed by atoms with Gasteiger partial charge in [-0.3, -0.25) is 4.79 Å². The number of halogens is 1. The highest BCUT2D eigenvalue weighted by Gasteiger charge is 2.14. The van der Waals surface area contributed by atoms with Gasteiger partial charge in [0.1, 0.15) is 17.5 Å². The summed E-state index contributed by atoms with van der Waals surface area (Å²) in [7, 11) is 1.40. The van der Waals surface area contributed by atoms with Gasteiger partial charge in [0, 0.05) is 5.69 Å². The van der Waals surface area contributed by atoms with Crippen molar-refractivity contribution in [2.24, 2.45) is 0 Å². The van der Waals surface area contributed by atoms with Crippen LogP contribution in [0.15, 0.2) is 72.3 Å². The number of esters is 1. The van der Waals surface area contributed by atoms with Crippen LogP contribution in [0.4, 0.5) is 10.1 Å². The molecule has 0 aliphatic carbocycles. The van der Waals surface area contributed by atoms with E-state index >= 15 is 0 Å². The Morgan fingerprint density at radius 3 is 2.31 bits per heavy atom. The minimum Gasteiger partial charge on any atom is -0.493 e. The van der Waals surface area contributed by atoms with Crippen molar-refractivity contribution >= 4 is 23.6 Å². The fraction of sp³-hybridized carbons (Fsp3) is 0.0800. The van der Waals surface area contributed by atoms with Crippen molar-refractivity contribution < 1.29 is 23.5 Å². The summed E-state index contributed by atoms with van der Waals surface area (Å²) in [4.78, 5) is 24.7. The predicted molar refractivity (Wildman–Crippen MR) is 118 cm³/mol. The van der Waals surface area contributed by atoms with Crippen molar-refractivity contribution in [1.29, 1.82) is 5.26 Å². The first kappa shape index (κ1) is 22.2. The second-order valence-electron chi connectivity index (χ2n) is 6.80. The molecule has 0 aliphatic heterocycles. The van der Waals surface area contributed by atoms with E-state index in [1.807, 2.05) is 25.1 Å². The minimum atomic E-state index is -0.679. The quantitative estimate of drug-likeness (QED) is 0.260. The van der Waals surface area contributed by atoms with Gasteiger partial charge in [0.2, 0.25) is 0 Å². The zero-order chi connectivity index (χ0) is 23.1. The largest absolute Gasteiger partial charge is 0.493 e. The molecule has 3 aromatic carbocycles. The molecule has 32 heavy (non-hydrogen) atoms. The molecule has 160 valence electrons. The van der Waals surface area contributed by atoms with Gasteiger partial charge in [0.25, 0.3) is 5.91 Å². The normalized spacial score (nSPS) is 10.8. The van der Waals surface area contributed by atoms with E-state index in [0.717, 1.165) is 17.7 Å². The predicted octanol–water partition coefficient (Wildman–Crippen LogP) is 4.91. The summed E-state index contributed by atoms with van der Waals surface area (Å²) in [5, 5.41) is 12.1. The van der Waals surface area contributed by atoms with Gasteiger partial charge in [-0.15, -0.1) is 0 Å². The molecule has 7 heteroatoms. The molecule has 0 spiro atoms. The lowest BCUT2D eigenvalue weighted by molar-refractivity contribution is -0.112. The highest BCUT2D eigenvalue weighted by molar-refractivity contribution is 6.09. The Morgan fingerprint density at radius 2 is 1.69 bits per heavy atom. The number of nitrogens with zero attached hydrogens (tertiary/aromatic N) is 1. The van der Waals surface area contributed by atoms with E-state index in [9.17, 15) is 19.2 Å². The van der Waals surface area contributed by atoms with Gasteiger partial charge < -0.3 is 14.8 Å². The third kappa shape index (κ3) is 5.58. The molecule has 0 saturated carbocycles. The van der Waals surface area contributed by atoms with Crippen molar-refractivity contribution in [1.82, 2.24) is 0 Å². The van der Waals surface area contributed by atoms with Gasteiger partial charge in [0.15, 0.2) is 11.5 Å². The highest BCUT2D eigenvalue weighted by Crippen LogP contribution is 2.30. The third-order valence-corrected chi connectivity index (χ3v) is 4.46. The third-order valence-electron chi connectivity index (χ3n) is 4.46. The maximum atomic E-state index is 13.0. The Hall–Kier alpha value is -4.44. The Bertz CT molecular complexity index is 1210. The van der Waals surface area contributed by atoms with E-state index in [1.165, 1.54) is 37.5 Å². The first-order valence-electron chi connectivity index (χ1n) is 9.55. The van der Waals surface area contributed by atoms with Crippen LogP contribution in [0, 0.1) is 24.1 Å². The molecule has 1 amide bonds. The molecule has 1 N–H and O–H groups in total. The highest BCUT2D eigenvalue weighted by atomic mass is 19.1. The Morgan fingerprint density at radius 1 is 1.00 bits per heavy atom. The average Bonchev–Trinajstić information content (AvgIpc) is 2.80. The van der Waals surface area contributed by atoms with Crippen LogP contribution >= 0.6 is 0 Å². The summed E-state index contributed by atoms with van der Waals surface area (Å²) >= 11 is 0. The summed E-state index contributed by atoms with van der Waals surface area (Å²) in [5.41, 5.74) is 2.19. The van der Waals surface area contributed by atoms with Gasteiger partial charge in [-0.05, 0) is 67.1 Å². The number of aryl methyl sites for hydroxylation is 1. The summed E-state index contributed by atoms with van der Waals surface area (Å²) in [5.74, 6) is -1.33. The second kappa shape index (κ2) is 10.0. The van der Waals surface area contributed by atoms with Crippen LogP contribution in [0.3, 0.4) is 0 Å². The van der Waals surface area contributed by atoms with Gasteiger partial charge >= 0.3 is 5.97 Å². The lowest BCUT2D eigenvalue weighted by atomic mass is 10.1. The number of ether oxygens (including phenoxy) is 2. The summed E-state index contributed by atoms with van der Waals surface area (Å²) in [6.45, 7) is 1.93. The van der Waals surface area contributed by atoms with Crippen LogP contribution in [-0.4, -0.2) is 19.0 Å². The number of anilines is 1. The smallest absolute Gasteiger partial charge is 0.343 e. The molecule has 0 unspecified atom stereocenters. The van der Waals surface area contributed by atoms with Crippen molar-refractivity contribution in [2.45, 2.75) is 6.92 Å². The molecule has 0 fully saturated rings. The van der Waals surface area contributed by atoms with Crippen LogP contribution in [0.5, 0.6) is 11.5 Å². The first-order chi connectivity index (χ1) is 15.4. The fourth-order valence-corrected chi connectivity index (χ4v) is 2.75. The van der Waals surface area contributed by atoms with Gasteiger partial charge in [-0.2, -0.15) is 5.26 Å². The molecule has 0 atom stereocenters. The fourth-order valence-electron chi connectivity index (χ4n) is 2.75. The molecule has 0 aromatic heterocycles. The van der Waals surface area contributed by atoms with Crippen LogP contribution in [0.2, 0.25) is 0 Å². The molecule has 0 aliphatic rings. The Kier molecular flexibility index (Phi) is 6.99. The van der Waals surface area contributed by atoms with E-state index < -0.39 is 17.7 Å². The summed E-state index contributed by atoms with van der Waals surface area (Å²) in [6, 6.07) is 18.6. The molecule has 0 heterocycles. The lowest BCUT2D eigenvalue weighted by Gasteiger charge is -2.10. The van der Waals surface area contributed by atoms with E-state index in [2.05, 4.69) is 5.32 Å². The number of hydrogen-bond acceptors (Lipinski definition) is 5. The standard InChI is InChI=1S/C25H19FN2O4/c1-16-3-10-21(11-4-16)28-24(29)19(15-27)13-17-5-12-22(23(14-17)31-2)32-25(30)18-6-8-20(26)9-7-18/h3-14H,1-2H3,(H,28,29)/b19-13+. The van der Waals surface area contributed by atoms with Gasteiger partial charge in [-0.1, -0.05) is 23.8 Å². The van der Waals surface area contributed by atoms with E-state index in [-0.39, 0.29) is 22.6 Å². The number of nitriles is 1. The maximum Gasteiger partial charge on any atom is 0.343 e. The number of benzene rings is 3. The summed E-state index contributed by atoms with van der Waals surface area (Å²) < 4.78 is 23.6. The SMILES string of the molecule is COc1cc(/C=C(\C#N)C(=O)Nc2ccc(C)cc2)ccc1OC(=O)c1ccc(F)cc1. The first-order valence-corrected chi connectivity index (χ1v) is 9.55.